The molecule has 1 aromatic heterocycles. The van der Waals surface area contributed by atoms with Crippen LogP contribution in [-0.2, 0) is 0 Å². The molecule has 0 aromatic carbocycles. The van der Waals surface area contributed by atoms with Crippen molar-refractivity contribution in [2.45, 2.75) is 33.6 Å². The molecular weight excluding hydrogens is 150 g/mol. The number of aromatic amines is 1. The van der Waals surface area contributed by atoms with Crippen LogP contribution in [0.2, 0.25) is 0 Å². The highest BCUT2D eigenvalue weighted by Gasteiger charge is 2.03. The Labute approximate surface area is 73.6 Å². The molecule has 0 saturated heterocycles. The Balaban J connectivity index is 2.50. The smallest absolute Gasteiger partial charge is 0.0825 e. The predicted molar refractivity (Wildman–Crippen MR) is 51.5 cm³/mol. The molecule has 2 N–H and O–H groups in total. The molecule has 0 amide bonds. The van der Waals surface area contributed by atoms with E-state index in [1.54, 1.807) is 0 Å². The number of nitrogens with one attached hydrogen (secondary N) is 2. The number of hydrogen-bond donors (Lipinski definition) is 2. The van der Waals surface area contributed by atoms with E-state index < -0.39 is 0 Å². The van der Waals surface area contributed by atoms with Crippen molar-refractivity contribution >= 4 is 5.69 Å². The second kappa shape index (κ2) is 4.14. The van der Waals surface area contributed by atoms with Crippen molar-refractivity contribution in [3.8, 4) is 0 Å². The lowest BCUT2D eigenvalue weighted by Crippen LogP contribution is -2.02. The standard InChI is InChI=1S/C9H17N3/c1-4-5-6-10-9-7(2)11-12-8(9)3/h10H,4-6H2,1-3H3,(H,11,12). The average Bonchev–Trinajstić information content (AvgIpc) is 2.35. The van der Waals surface area contributed by atoms with E-state index in [-0.39, 0.29) is 0 Å². The van der Waals surface area contributed by atoms with Gasteiger partial charge in [-0.25, -0.2) is 0 Å². The van der Waals surface area contributed by atoms with E-state index in [4.69, 9.17) is 0 Å². The Kier molecular flexibility index (Phi) is 3.14. The van der Waals surface area contributed by atoms with E-state index in [9.17, 15) is 0 Å². The molecule has 3 nitrogen and oxygen atoms in total. The van der Waals surface area contributed by atoms with Crippen molar-refractivity contribution in [3.63, 3.8) is 0 Å². The van der Waals surface area contributed by atoms with Crippen molar-refractivity contribution in [3.05, 3.63) is 11.4 Å². The van der Waals surface area contributed by atoms with Gasteiger partial charge in [-0.3, -0.25) is 5.10 Å². The van der Waals surface area contributed by atoms with Gasteiger partial charge in [0, 0.05) is 6.54 Å². The Bertz CT molecular complexity index is 220. The molecule has 1 aromatic rings. The third kappa shape index (κ3) is 2.00. The van der Waals surface area contributed by atoms with Crippen LogP contribution in [0.25, 0.3) is 0 Å². The van der Waals surface area contributed by atoms with Gasteiger partial charge >= 0.3 is 0 Å². The molecule has 1 heterocycles. The van der Waals surface area contributed by atoms with Crippen LogP contribution in [0, 0.1) is 13.8 Å². The summed E-state index contributed by atoms with van der Waals surface area (Å²) in [5.41, 5.74) is 3.36. The van der Waals surface area contributed by atoms with Crippen LogP contribution in [0.1, 0.15) is 31.2 Å². The first-order chi connectivity index (χ1) is 5.75. The number of aryl methyl sites for hydroxylation is 2. The summed E-state index contributed by atoms with van der Waals surface area (Å²) in [5, 5.41) is 10.4. The van der Waals surface area contributed by atoms with Gasteiger partial charge in [0.2, 0.25) is 0 Å². The number of rotatable bonds is 4. The predicted octanol–water partition coefficient (Wildman–Crippen LogP) is 2.24. The van der Waals surface area contributed by atoms with Gasteiger partial charge in [0.25, 0.3) is 0 Å². The van der Waals surface area contributed by atoms with Gasteiger partial charge < -0.3 is 5.32 Å². The van der Waals surface area contributed by atoms with Gasteiger partial charge in [-0.2, -0.15) is 5.10 Å². The molecule has 0 aliphatic heterocycles. The fourth-order valence-corrected chi connectivity index (χ4v) is 1.20. The molecule has 0 unspecified atom stereocenters. The lowest BCUT2D eigenvalue weighted by atomic mass is 10.3. The number of unbranched alkanes of at least 4 members (excludes halogenated alkanes) is 1. The second-order valence-electron chi connectivity index (χ2n) is 3.09. The van der Waals surface area contributed by atoms with Crippen molar-refractivity contribution in [2.24, 2.45) is 0 Å². The quantitative estimate of drug-likeness (QED) is 0.675. The largest absolute Gasteiger partial charge is 0.382 e. The summed E-state index contributed by atoms with van der Waals surface area (Å²) < 4.78 is 0. The maximum absolute atomic E-state index is 4.11. The molecular formula is C9H17N3. The van der Waals surface area contributed by atoms with E-state index in [1.807, 2.05) is 13.8 Å². The van der Waals surface area contributed by atoms with Gasteiger partial charge in [-0.05, 0) is 20.3 Å². The third-order valence-electron chi connectivity index (χ3n) is 1.96. The SMILES string of the molecule is CCCCNc1c(C)n[nH]c1C. The minimum Gasteiger partial charge on any atom is -0.382 e. The van der Waals surface area contributed by atoms with Crippen LogP contribution in [0.3, 0.4) is 0 Å². The summed E-state index contributed by atoms with van der Waals surface area (Å²) in [6.45, 7) is 7.28. The topological polar surface area (TPSA) is 40.7 Å². The molecule has 0 bridgehead atoms. The fraction of sp³-hybridized carbons (Fsp3) is 0.667. The summed E-state index contributed by atoms with van der Waals surface area (Å²) in [6.07, 6.45) is 2.44. The molecule has 0 aliphatic rings. The molecule has 3 heteroatoms. The van der Waals surface area contributed by atoms with Gasteiger partial charge in [0.15, 0.2) is 0 Å². The van der Waals surface area contributed by atoms with Crippen molar-refractivity contribution in [1.29, 1.82) is 0 Å². The maximum Gasteiger partial charge on any atom is 0.0825 e. The Hall–Kier alpha value is -0.990. The Morgan fingerprint density at radius 3 is 2.67 bits per heavy atom. The summed E-state index contributed by atoms with van der Waals surface area (Å²) in [4.78, 5) is 0. The lowest BCUT2D eigenvalue weighted by molar-refractivity contribution is 0.833. The molecule has 68 valence electrons. The van der Waals surface area contributed by atoms with E-state index in [1.165, 1.54) is 18.5 Å². The monoisotopic (exact) mass is 167 g/mol. The van der Waals surface area contributed by atoms with Crippen molar-refractivity contribution in [2.75, 3.05) is 11.9 Å². The Morgan fingerprint density at radius 1 is 1.42 bits per heavy atom. The van der Waals surface area contributed by atoms with Gasteiger partial charge in [0.05, 0.1) is 17.1 Å². The number of H-pyrrole nitrogens is 1. The number of hydrogen-bond acceptors (Lipinski definition) is 2. The zero-order valence-electron chi connectivity index (χ0n) is 8.07. The highest BCUT2D eigenvalue weighted by atomic mass is 15.1. The third-order valence-corrected chi connectivity index (χ3v) is 1.96. The van der Waals surface area contributed by atoms with E-state index >= 15 is 0 Å². The minimum absolute atomic E-state index is 1.04. The van der Waals surface area contributed by atoms with Crippen LogP contribution in [-0.4, -0.2) is 16.7 Å². The average molecular weight is 167 g/mol. The summed E-state index contributed by atoms with van der Waals surface area (Å²) in [6, 6.07) is 0. The van der Waals surface area contributed by atoms with Crippen LogP contribution in [0.5, 0.6) is 0 Å². The van der Waals surface area contributed by atoms with Crippen molar-refractivity contribution in [1.82, 2.24) is 10.2 Å². The zero-order valence-corrected chi connectivity index (χ0v) is 8.07. The molecule has 0 fully saturated rings. The normalized spacial score (nSPS) is 10.2. The molecule has 0 atom stereocenters. The molecule has 1 rings (SSSR count). The minimum atomic E-state index is 1.04. The van der Waals surface area contributed by atoms with Gasteiger partial charge in [-0.1, -0.05) is 13.3 Å². The summed E-state index contributed by atoms with van der Waals surface area (Å²) >= 11 is 0. The summed E-state index contributed by atoms with van der Waals surface area (Å²) in [5.74, 6) is 0. The highest BCUT2D eigenvalue weighted by Crippen LogP contribution is 2.15. The number of anilines is 1. The van der Waals surface area contributed by atoms with Crippen LogP contribution in [0.15, 0.2) is 0 Å². The first-order valence-corrected chi connectivity index (χ1v) is 4.51. The first kappa shape index (κ1) is 9.10. The van der Waals surface area contributed by atoms with Crippen molar-refractivity contribution < 1.29 is 0 Å². The molecule has 0 spiro atoms. The van der Waals surface area contributed by atoms with Gasteiger partial charge in [-0.15, -0.1) is 0 Å². The molecule has 0 radical (unpaired) electrons. The summed E-state index contributed by atoms with van der Waals surface area (Å²) in [7, 11) is 0. The maximum atomic E-state index is 4.11. The van der Waals surface area contributed by atoms with Crippen LogP contribution < -0.4 is 5.32 Å². The number of nitrogens with zero attached hydrogens (tertiary/aromatic N) is 1. The highest BCUT2D eigenvalue weighted by molar-refractivity contribution is 5.51. The molecule has 0 aliphatic carbocycles. The number of aromatic nitrogens is 2. The van der Waals surface area contributed by atoms with Gasteiger partial charge in [0.1, 0.15) is 0 Å². The van der Waals surface area contributed by atoms with Crippen LogP contribution >= 0.6 is 0 Å². The molecule has 12 heavy (non-hydrogen) atoms. The van der Waals surface area contributed by atoms with E-state index in [0.29, 0.717) is 0 Å². The van der Waals surface area contributed by atoms with E-state index in [2.05, 4.69) is 22.4 Å². The molecule has 0 saturated carbocycles. The Morgan fingerprint density at radius 2 is 2.17 bits per heavy atom. The second-order valence-corrected chi connectivity index (χ2v) is 3.09. The zero-order chi connectivity index (χ0) is 8.97. The lowest BCUT2D eigenvalue weighted by Gasteiger charge is -2.04. The van der Waals surface area contributed by atoms with Crippen LogP contribution in [0.4, 0.5) is 5.69 Å². The first-order valence-electron chi connectivity index (χ1n) is 4.51. The fourth-order valence-electron chi connectivity index (χ4n) is 1.20. The van der Waals surface area contributed by atoms with E-state index in [0.717, 1.165) is 17.9 Å².